The summed E-state index contributed by atoms with van der Waals surface area (Å²) >= 11 is 0. The van der Waals surface area contributed by atoms with Crippen molar-refractivity contribution >= 4 is 5.71 Å². The van der Waals surface area contributed by atoms with Gasteiger partial charge in [0.2, 0.25) is 0 Å². The van der Waals surface area contributed by atoms with Crippen LogP contribution in [0.2, 0.25) is 0 Å². The minimum Gasteiger partial charge on any atom is -0.399 e. The molecule has 0 spiro atoms. The molecule has 0 bridgehead atoms. The Morgan fingerprint density at radius 2 is 2.10 bits per heavy atom. The summed E-state index contributed by atoms with van der Waals surface area (Å²) in [5, 5.41) is 3.81. The maximum Gasteiger partial charge on any atom is 0.106 e. The second-order valence-corrected chi connectivity index (χ2v) is 2.47. The zero-order valence-corrected chi connectivity index (χ0v) is 7.18. The van der Waals surface area contributed by atoms with Gasteiger partial charge in [-0.1, -0.05) is 24.9 Å². The Hall–Kier alpha value is -0.530. The van der Waals surface area contributed by atoms with Crippen molar-refractivity contribution in [1.82, 2.24) is 0 Å². The molecule has 0 unspecified atom stereocenters. The van der Waals surface area contributed by atoms with Crippen molar-refractivity contribution < 1.29 is 4.84 Å². The van der Waals surface area contributed by atoms with Crippen molar-refractivity contribution in [3.8, 4) is 0 Å². The van der Waals surface area contributed by atoms with Gasteiger partial charge in [0.15, 0.2) is 0 Å². The maximum absolute atomic E-state index is 4.62. The predicted octanol–water partition coefficient (Wildman–Crippen LogP) is 2.59. The lowest BCUT2D eigenvalue weighted by Gasteiger charge is -1.96. The Labute approximate surface area is 63.3 Å². The van der Waals surface area contributed by atoms with Crippen molar-refractivity contribution in [3.05, 3.63) is 0 Å². The highest BCUT2D eigenvalue weighted by atomic mass is 16.6. The molecule has 0 aromatic carbocycles. The third kappa shape index (κ3) is 5.60. The molecule has 0 aromatic rings. The third-order valence-electron chi connectivity index (χ3n) is 1.39. The second-order valence-electron chi connectivity index (χ2n) is 2.47. The van der Waals surface area contributed by atoms with Crippen LogP contribution in [0.1, 0.15) is 39.5 Å². The summed E-state index contributed by atoms with van der Waals surface area (Å²) < 4.78 is 0. The molecule has 0 saturated carbocycles. The Morgan fingerprint density at radius 1 is 1.40 bits per heavy atom. The molecule has 2 nitrogen and oxygen atoms in total. The molecule has 2 heteroatoms. The van der Waals surface area contributed by atoms with Gasteiger partial charge >= 0.3 is 0 Å². The van der Waals surface area contributed by atoms with Crippen LogP contribution in [0, 0.1) is 0 Å². The van der Waals surface area contributed by atoms with E-state index in [1.54, 1.807) is 7.11 Å². The van der Waals surface area contributed by atoms with Gasteiger partial charge in [0, 0.05) is 0 Å². The summed E-state index contributed by atoms with van der Waals surface area (Å²) in [7, 11) is 1.59. The lowest BCUT2D eigenvalue weighted by Crippen LogP contribution is -1.91. The van der Waals surface area contributed by atoms with Crippen LogP contribution >= 0.6 is 0 Å². The average Bonchev–Trinajstić information content (AvgIpc) is 1.89. The van der Waals surface area contributed by atoms with E-state index >= 15 is 0 Å². The van der Waals surface area contributed by atoms with E-state index in [1.807, 2.05) is 6.92 Å². The molecule has 0 aliphatic carbocycles. The van der Waals surface area contributed by atoms with E-state index in [0.29, 0.717) is 0 Å². The van der Waals surface area contributed by atoms with E-state index in [4.69, 9.17) is 0 Å². The number of nitrogens with zero attached hydrogens (tertiary/aromatic N) is 1. The molecule has 0 radical (unpaired) electrons. The topological polar surface area (TPSA) is 21.6 Å². The SMILES string of the molecule is CCCCC/C(C)=N/OC. The van der Waals surface area contributed by atoms with Gasteiger partial charge in [-0.3, -0.25) is 0 Å². The van der Waals surface area contributed by atoms with Gasteiger partial charge in [-0.05, 0) is 19.8 Å². The van der Waals surface area contributed by atoms with Gasteiger partial charge in [-0.25, -0.2) is 0 Å². The molecule has 0 aliphatic rings. The summed E-state index contributed by atoms with van der Waals surface area (Å²) in [5.41, 5.74) is 1.09. The van der Waals surface area contributed by atoms with Gasteiger partial charge in [-0.15, -0.1) is 0 Å². The van der Waals surface area contributed by atoms with Gasteiger partial charge in [0.05, 0.1) is 5.71 Å². The smallest absolute Gasteiger partial charge is 0.106 e. The average molecular weight is 143 g/mol. The molecule has 0 N–H and O–H groups in total. The molecule has 60 valence electrons. The van der Waals surface area contributed by atoms with Crippen LogP contribution < -0.4 is 0 Å². The zero-order chi connectivity index (χ0) is 7.82. The van der Waals surface area contributed by atoms with Crippen LogP contribution in [0.25, 0.3) is 0 Å². The Bertz CT molecular complexity index is 99.4. The molecule has 0 heterocycles. The zero-order valence-electron chi connectivity index (χ0n) is 7.18. The van der Waals surface area contributed by atoms with Crippen molar-refractivity contribution in [1.29, 1.82) is 0 Å². The largest absolute Gasteiger partial charge is 0.399 e. The fraction of sp³-hybridized carbons (Fsp3) is 0.875. The maximum atomic E-state index is 4.62. The minimum absolute atomic E-state index is 1.07. The third-order valence-corrected chi connectivity index (χ3v) is 1.39. The Kier molecular flexibility index (Phi) is 6.24. The van der Waals surface area contributed by atoms with Crippen LogP contribution in [0.4, 0.5) is 0 Å². The summed E-state index contributed by atoms with van der Waals surface area (Å²) in [6.45, 7) is 4.20. The number of oxime groups is 1. The van der Waals surface area contributed by atoms with Crippen molar-refractivity contribution in [2.24, 2.45) is 5.16 Å². The van der Waals surface area contributed by atoms with Gasteiger partial charge in [-0.2, -0.15) is 0 Å². The number of rotatable bonds is 5. The summed E-state index contributed by atoms with van der Waals surface area (Å²) in [6, 6.07) is 0. The first-order chi connectivity index (χ1) is 4.81. The highest BCUT2D eigenvalue weighted by Crippen LogP contribution is 2.00. The molecule has 0 amide bonds. The second kappa shape index (κ2) is 6.59. The van der Waals surface area contributed by atoms with Gasteiger partial charge in [0.25, 0.3) is 0 Å². The van der Waals surface area contributed by atoms with E-state index in [0.717, 1.165) is 12.1 Å². The molecule has 0 atom stereocenters. The van der Waals surface area contributed by atoms with Crippen molar-refractivity contribution in [2.75, 3.05) is 7.11 Å². The standard InChI is InChI=1S/C8H17NO/c1-4-5-6-7-8(2)9-10-3/h4-7H2,1-3H3/b9-8+. The van der Waals surface area contributed by atoms with Crippen molar-refractivity contribution in [3.63, 3.8) is 0 Å². The van der Waals surface area contributed by atoms with Crippen molar-refractivity contribution in [2.45, 2.75) is 39.5 Å². The molecule has 10 heavy (non-hydrogen) atoms. The molecule has 0 fully saturated rings. The van der Waals surface area contributed by atoms with Crippen LogP contribution in [-0.2, 0) is 4.84 Å². The Morgan fingerprint density at radius 3 is 2.60 bits per heavy atom. The van der Waals surface area contributed by atoms with Gasteiger partial charge in [0.1, 0.15) is 7.11 Å². The predicted molar refractivity (Wildman–Crippen MR) is 44.3 cm³/mol. The molecule has 0 rings (SSSR count). The van der Waals surface area contributed by atoms with E-state index in [2.05, 4.69) is 16.9 Å². The fourth-order valence-corrected chi connectivity index (χ4v) is 0.832. The highest BCUT2D eigenvalue weighted by Gasteiger charge is 1.90. The van der Waals surface area contributed by atoms with E-state index in [1.165, 1.54) is 19.3 Å². The molecule has 0 aliphatic heterocycles. The monoisotopic (exact) mass is 143 g/mol. The van der Waals surface area contributed by atoms with Gasteiger partial charge < -0.3 is 4.84 Å². The number of unbranched alkanes of at least 4 members (excludes halogenated alkanes) is 2. The first kappa shape index (κ1) is 9.47. The summed E-state index contributed by atoms with van der Waals surface area (Å²) in [4.78, 5) is 4.62. The molecule has 0 aromatic heterocycles. The highest BCUT2D eigenvalue weighted by molar-refractivity contribution is 5.81. The summed E-state index contributed by atoms with van der Waals surface area (Å²) in [5.74, 6) is 0. The van der Waals surface area contributed by atoms with Crippen LogP contribution in [0.15, 0.2) is 5.16 Å². The molecular formula is C8H17NO. The lowest BCUT2D eigenvalue weighted by atomic mass is 10.1. The van der Waals surface area contributed by atoms with Crippen LogP contribution in [0.3, 0.4) is 0 Å². The van der Waals surface area contributed by atoms with Crippen LogP contribution in [0.5, 0.6) is 0 Å². The Balaban J connectivity index is 3.21. The first-order valence-corrected chi connectivity index (χ1v) is 3.88. The number of hydrogen-bond donors (Lipinski definition) is 0. The van der Waals surface area contributed by atoms with E-state index in [-0.39, 0.29) is 0 Å². The fourth-order valence-electron chi connectivity index (χ4n) is 0.832. The first-order valence-electron chi connectivity index (χ1n) is 3.88. The lowest BCUT2D eigenvalue weighted by molar-refractivity contribution is 0.212. The molecule has 0 saturated heterocycles. The van der Waals surface area contributed by atoms with E-state index in [9.17, 15) is 0 Å². The molecular weight excluding hydrogens is 126 g/mol. The minimum atomic E-state index is 1.07. The quantitative estimate of drug-likeness (QED) is 0.329. The number of hydrogen-bond acceptors (Lipinski definition) is 2. The van der Waals surface area contributed by atoms with E-state index < -0.39 is 0 Å². The normalized spacial score (nSPS) is 11.7. The summed E-state index contributed by atoms with van der Waals surface area (Å²) in [6.07, 6.45) is 4.85. The van der Waals surface area contributed by atoms with Crippen LogP contribution in [-0.4, -0.2) is 12.8 Å².